The fourth-order valence-corrected chi connectivity index (χ4v) is 7.21. The maximum absolute atomic E-state index is 6.06. The summed E-state index contributed by atoms with van der Waals surface area (Å²) in [6.07, 6.45) is 4.46. The molecule has 35 heavy (non-hydrogen) atoms. The van der Waals surface area contributed by atoms with E-state index in [-0.39, 0.29) is 0 Å². The van der Waals surface area contributed by atoms with Gasteiger partial charge in [-0.05, 0) is 78.8 Å². The van der Waals surface area contributed by atoms with Crippen LogP contribution >= 0.6 is 34.7 Å². The molecule has 0 atom stereocenters. The molecule has 1 aliphatic carbocycles. The van der Waals surface area contributed by atoms with Gasteiger partial charge in [-0.25, -0.2) is 9.97 Å². The summed E-state index contributed by atoms with van der Waals surface area (Å²) < 4.78 is 11.1. The van der Waals surface area contributed by atoms with Crippen molar-refractivity contribution in [2.75, 3.05) is 25.7 Å². The second-order valence-corrected chi connectivity index (χ2v) is 11.5. The highest BCUT2D eigenvalue weighted by Gasteiger charge is 2.27. The number of ether oxygens (including phenoxy) is 2. The molecule has 0 radical (unpaired) electrons. The van der Waals surface area contributed by atoms with Gasteiger partial charge >= 0.3 is 0 Å². The lowest BCUT2D eigenvalue weighted by Crippen LogP contribution is -2.31. The van der Waals surface area contributed by atoms with Crippen LogP contribution in [0.4, 0.5) is 5.82 Å². The summed E-state index contributed by atoms with van der Waals surface area (Å²) in [5.41, 5.74) is 4.05. The number of rotatable bonds is 6. The summed E-state index contributed by atoms with van der Waals surface area (Å²) in [5.74, 6) is 4.26. The van der Waals surface area contributed by atoms with Gasteiger partial charge < -0.3 is 14.4 Å². The van der Waals surface area contributed by atoms with Crippen LogP contribution in [0.5, 0.6) is 11.5 Å². The predicted molar refractivity (Wildman–Crippen MR) is 145 cm³/mol. The Labute approximate surface area is 218 Å². The minimum atomic E-state index is 0.725. The summed E-state index contributed by atoms with van der Waals surface area (Å²) in [6.45, 7) is 1.72. The molecular weight excluding hydrogens is 498 g/mol. The second-order valence-electron chi connectivity index (χ2n) is 8.89. The van der Waals surface area contributed by atoms with Crippen LogP contribution in [0, 0.1) is 0 Å². The monoisotopic (exact) mass is 523 g/mol. The Hall–Kier alpha value is -2.48. The largest absolute Gasteiger partial charge is 0.493 e. The van der Waals surface area contributed by atoms with E-state index >= 15 is 0 Å². The summed E-state index contributed by atoms with van der Waals surface area (Å²) in [5, 5.41) is 2.02. The van der Waals surface area contributed by atoms with Gasteiger partial charge in [-0.2, -0.15) is 0 Å². The van der Waals surface area contributed by atoms with E-state index < -0.39 is 0 Å². The van der Waals surface area contributed by atoms with Crippen molar-refractivity contribution in [3.63, 3.8) is 0 Å². The Morgan fingerprint density at radius 2 is 1.77 bits per heavy atom. The molecule has 0 bridgehead atoms. The van der Waals surface area contributed by atoms with Gasteiger partial charge in [0.15, 0.2) is 11.5 Å². The zero-order chi connectivity index (χ0) is 23.9. The predicted octanol–water partition coefficient (Wildman–Crippen LogP) is 6.71. The van der Waals surface area contributed by atoms with Crippen molar-refractivity contribution in [2.45, 2.75) is 42.9 Å². The molecule has 6 rings (SSSR count). The molecule has 4 aromatic rings. The first kappa shape index (κ1) is 23.0. The third-order valence-electron chi connectivity index (χ3n) is 6.79. The zero-order valence-electron chi connectivity index (χ0n) is 19.8. The third kappa shape index (κ3) is 4.34. The fourth-order valence-electron chi connectivity index (χ4n) is 5.06. The number of thiophene rings is 1. The van der Waals surface area contributed by atoms with Crippen LogP contribution in [-0.2, 0) is 31.6 Å². The maximum atomic E-state index is 6.06. The molecule has 0 saturated carbocycles. The van der Waals surface area contributed by atoms with E-state index in [0.717, 1.165) is 71.1 Å². The van der Waals surface area contributed by atoms with Crippen molar-refractivity contribution in [2.24, 2.45) is 0 Å². The number of hydrogen-bond acceptors (Lipinski definition) is 7. The van der Waals surface area contributed by atoms with E-state index in [0.29, 0.717) is 0 Å². The number of anilines is 1. The van der Waals surface area contributed by atoms with E-state index in [9.17, 15) is 0 Å². The maximum Gasteiger partial charge on any atom is 0.161 e. The highest BCUT2D eigenvalue weighted by atomic mass is 35.5. The summed E-state index contributed by atoms with van der Waals surface area (Å²) in [6, 6.07) is 12.2. The smallest absolute Gasteiger partial charge is 0.161 e. The molecule has 1 aliphatic heterocycles. The highest BCUT2D eigenvalue weighted by molar-refractivity contribution is 7.98. The van der Waals surface area contributed by atoms with Gasteiger partial charge in [0.25, 0.3) is 0 Å². The standard InChI is InChI=1S/C27H26ClN3O2S2/c1-32-21-12-16-10-11-31(14-17(16)13-22(21)33-2)26-25-20-4-3-5-23(20)35-27(25)30-24(29-26)15-34-19-8-6-18(28)7-9-19/h6-9,12-13H,3-5,10-11,14-15H2,1-2H3. The summed E-state index contributed by atoms with van der Waals surface area (Å²) >= 11 is 9.66. The highest BCUT2D eigenvalue weighted by Crippen LogP contribution is 2.42. The molecule has 0 spiro atoms. The number of aromatic nitrogens is 2. The normalized spacial score (nSPS) is 14.8. The number of benzene rings is 2. The molecule has 2 aromatic heterocycles. The van der Waals surface area contributed by atoms with Gasteiger partial charge in [-0.15, -0.1) is 23.1 Å². The van der Waals surface area contributed by atoms with Crippen LogP contribution in [0.1, 0.15) is 33.8 Å². The Morgan fingerprint density at radius 1 is 1.00 bits per heavy atom. The SMILES string of the molecule is COc1cc2c(cc1OC)CN(c1nc(CSc3ccc(Cl)cc3)nc3sc4c(c13)CCC4)CC2. The Bertz CT molecular complexity index is 1400. The van der Waals surface area contributed by atoms with Gasteiger partial charge in [0, 0.05) is 27.9 Å². The number of aryl methyl sites for hydroxylation is 2. The van der Waals surface area contributed by atoms with Crippen molar-refractivity contribution in [1.82, 2.24) is 9.97 Å². The molecule has 180 valence electrons. The van der Waals surface area contributed by atoms with Crippen molar-refractivity contribution in [1.29, 1.82) is 0 Å². The zero-order valence-corrected chi connectivity index (χ0v) is 22.2. The molecule has 2 aromatic carbocycles. The molecule has 0 unspecified atom stereocenters. The van der Waals surface area contributed by atoms with Gasteiger partial charge in [0.1, 0.15) is 16.5 Å². The molecule has 0 fully saturated rings. The number of methoxy groups -OCH3 is 2. The fraction of sp³-hybridized carbons (Fsp3) is 0.333. The average molecular weight is 524 g/mol. The van der Waals surface area contributed by atoms with E-state index in [1.165, 1.54) is 38.3 Å². The number of thioether (sulfide) groups is 1. The Morgan fingerprint density at radius 3 is 2.54 bits per heavy atom. The minimum absolute atomic E-state index is 0.725. The van der Waals surface area contributed by atoms with Crippen LogP contribution in [0.2, 0.25) is 5.02 Å². The first-order valence-electron chi connectivity index (χ1n) is 11.8. The van der Waals surface area contributed by atoms with Gasteiger partial charge in [0.05, 0.1) is 25.4 Å². The quantitative estimate of drug-likeness (QED) is 0.262. The van der Waals surface area contributed by atoms with Crippen molar-refractivity contribution >= 4 is 50.7 Å². The summed E-state index contributed by atoms with van der Waals surface area (Å²) in [4.78, 5) is 16.4. The molecule has 0 N–H and O–H groups in total. The van der Waals surface area contributed by atoms with E-state index in [1.54, 1.807) is 26.0 Å². The summed E-state index contributed by atoms with van der Waals surface area (Å²) in [7, 11) is 3.38. The first-order chi connectivity index (χ1) is 17.1. The van der Waals surface area contributed by atoms with Crippen LogP contribution in [0.15, 0.2) is 41.3 Å². The molecule has 2 aliphatic rings. The number of halogens is 1. The second kappa shape index (κ2) is 9.52. The number of fused-ring (bicyclic) bond motifs is 4. The lowest BCUT2D eigenvalue weighted by atomic mass is 9.98. The molecular formula is C27H26ClN3O2S2. The van der Waals surface area contributed by atoms with E-state index in [4.69, 9.17) is 31.0 Å². The Balaban J connectivity index is 1.37. The average Bonchev–Trinajstić information content (AvgIpc) is 3.48. The Kier molecular flexibility index (Phi) is 6.25. The molecule has 8 heteroatoms. The number of nitrogens with zero attached hydrogens (tertiary/aromatic N) is 3. The third-order valence-corrected chi connectivity index (χ3v) is 9.24. The molecule has 5 nitrogen and oxygen atoms in total. The van der Waals surface area contributed by atoms with Gasteiger partial charge in [0.2, 0.25) is 0 Å². The van der Waals surface area contributed by atoms with Gasteiger partial charge in [-0.1, -0.05) is 11.6 Å². The lowest BCUT2D eigenvalue weighted by molar-refractivity contribution is 0.353. The number of hydrogen-bond donors (Lipinski definition) is 0. The molecule has 3 heterocycles. The van der Waals surface area contributed by atoms with E-state index in [1.807, 2.05) is 23.5 Å². The van der Waals surface area contributed by atoms with Gasteiger partial charge in [-0.3, -0.25) is 0 Å². The van der Waals surface area contributed by atoms with Crippen molar-refractivity contribution in [3.05, 3.63) is 68.8 Å². The van der Waals surface area contributed by atoms with Crippen LogP contribution in [-0.4, -0.2) is 30.7 Å². The van der Waals surface area contributed by atoms with Crippen molar-refractivity contribution < 1.29 is 9.47 Å². The minimum Gasteiger partial charge on any atom is -0.493 e. The van der Waals surface area contributed by atoms with Crippen LogP contribution < -0.4 is 14.4 Å². The lowest BCUT2D eigenvalue weighted by Gasteiger charge is -2.31. The van der Waals surface area contributed by atoms with Crippen LogP contribution in [0.25, 0.3) is 10.2 Å². The van der Waals surface area contributed by atoms with Crippen molar-refractivity contribution in [3.8, 4) is 11.5 Å². The van der Waals surface area contributed by atoms with Crippen LogP contribution in [0.3, 0.4) is 0 Å². The molecule has 0 saturated heterocycles. The topological polar surface area (TPSA) is 47.5 Å². The van der Waals surface area contributed by atoms with E-state index in [2.05, 4.69) is 29.2 Å². The first-order valence-corrected chi connectivity index (χ1v) is 14.0. The molecule has 0 amide bonds.